The van der Waals surface area contributed by atoms with Gasteiger partial charge in [0.1, 0.15) is 0 Å². The van der Waals surface area contributed by atoms with Crippen LogP contribution in [0.2, 0.25) is 0 Å². The van der Waals surface area contributed by atoms with E-state index in [0.717, 1.165) is 24.9 Å². The molecule has 0 saturated heterocycles. The van der Waals surface area contributed by atoms with E-state index in [4.69, 9.17) is 4.42 Å². The number of hydrogen-bond acceptors (Lipinski definition) is 3. The molecule has 3 atom stereocenters. The standard InChI is InChI=1S/C18H32N2O/c1-18(2,3)16-6-7-17(19-4)15(10-16)12-20(5)11-14-8-9-21-13-14/h8-9,13,15-17,19H,6-7,10-12H2,1-5H3. The van der Waals surface area contributed by atoms with Gasteiger partial charge in [-0.3, -0.25) is 0 Å². The molecule has 0 bridgehead atoms. The highest BCUT2D eigenvalue weighted by atomic mass is 16.3. The van der Waals surface area contributed by atoms with E-state index in [1.54, 1.807) is 6.26 Å². The lowest BCUT2D eigenvalue weighted by atomic mass is 9.67. The summed E-state index contributed by atoms with van der Waals surface area (Å²) in [7, 11) is 4.34. The van der Waals surface area contributed by atoms with Crippen molar-refractivity contribution in [2.75, 3.05) is 20.6 Å². The molecule has 1 aromatic rings. The van der Waals surface area contributed by atoms with Crippen LogP contribution in [0.25, 0.3) is 0 Å². The van der Waals surface area contributed by atoms with Crippen molar-refractivity contribution in [1.29, 1.82) is 0 Å². The Balaban J connectivity index is 1.94. The van der Waals surface area contributed by atoms with Crippen LogP contribution < -0.4 is 5.32 Å². The fourth-order valence-corrected chi connectivity index (χ4v) is 3.79. The van der Waals surface area contributed by atoms with Crippen molar-refractivity contribution in [2.45, 2.75) is 52.6 Å². The average molecular weight is 292 g/mol. The minimum atomic E-state index is 0.431. The van der Waals surface area contributed by atoms with Gasteiger partial charge in [0.15, 0.2) is 0 Å². The van der Waals surface area contributed by atoms with E-state index in [1.807, 2.05) is 6.26 Å². The lowest BCUT2D eigenvalue weighted by Gasteiger charge is -2.43. The number of furan rings is 1. The maximum atomic E-state index is 5.17. The largest absolute Gasteiger partial charge is 0.472 e. The van der Waals surface area contributed by atoms with Crippen molar-refractivity contribution in [1.82, 2.24) is 10.2 Å². The lowest BCUT2D eigenvalue weighted by molar-refractivity contribution is 0.0945. The lowest BCUT2D eigenvalue weighted by Crippen LogP contribution is -2.45. The second-order valence-electron chi connectivity index (χ2n) is 7.86. The zero-order chi connectivity index (χ0) is 15.5. The summed E-state index contributed by atoms with van der Waals surface area (Å²) in [6.45, 7) is 9.31. The van der Waals surface area contributed by atoms with Crippen LogP contribution in [0.3, 0.4) is 0 Å². The molecule has 1 aliphatic rings. The van der Waals surface area contributed by atoms with Crippen LogP contribution >= 0.6 is 0 Å². The van der Waals surface area contributed by atoms with Crippen molar-refractivity contribution in [2.24, 2.45) is 17.3 Å². The van der Waals surface area contributed by atoms with E-state index in [0.29, 0.717) is 11.5 Å². The molecule has 0 amide bonds. The average Bonchev–Trinajstić information content (AvgIpc) is 2.90. The fraction of sp³-hybridized carbons (Fsp3) is 0.778. The Labute approximate surface area is 130 Å². The van der Waals surface area contributed by atoms with Gasteiger partial charge < -0.3 is 14.6 Å². The fourth-order valence-electron chi connectivity index (χ4n) is 3.79. The number of hydrogen-bond donors (Lipinski definition) is 1. The number of rotatable bonds is 5. The Bertz CT molecular complexity index is 407. The summed E-state index contributed by atoms with van der Waals surface area (Å²) in [6.07, 6.45) is 7.62. The highest BCUT2D eigenvalue weighted by Gasteiger charge is 2.35. The predicted molar refractivity (Wildman–Crippen MR) is 88.2 cm³/mol. The van der Waals surface area contributed by atoms with Crippen molar-refractivity contribution >= 4 is 0 Å². The zero-order valence-corrected chi connectivity index (χ0v) is 14.4. The van der Waals surface area contributed by atoms with Crippen LogP contribution in [0, 0.1) is 17.3 Å². The highest BCUT2D eigenvalue weighted by Crippen LogP contribution is 2.40. The Morgan fingerprint density at radius 3 is 2.67 bits per heavy atom. The third-order valence-corrected chi connectivity index (χ3v) is 5.16. The van der Waals surface area contributed by atoms with Gasteiger partial charge in [0, 0.05) is 24.7 Å². The third-order valence-electron chi connectivity index (χ3n) is 5.16. The first-order valence-electron chi connectivity index (χ1n) is 8.27. The van der Waals surface area contributed by atoms with E-state index >= 15 is 0 Å². The molecule has 3 unspecified atom stereocenters. The molecule has 1 aromatic heterocycles. The van der Waals surface area contributed by atoms with Crippen LogP contribution in [0.1, 0.15) is 45.6 Å². The van der Waals surface area contributed by atoms with Crippen molar-refractivity contribution in [3.05, 3.63) is 24.2 Å². The van der Waals surface area contributed by atoms with E-state index in [1.165, 1.54) is 24.8 Å². The van der Waals surface area contributed by atoms with Crippen LogP contribution in [0.4, 0.5) is 0 Å². The van der Waals surface area contributed by atoms with Gasteiger partial charge in [-0.1, -0.05) is 20.8 Å². The van der Waals surface area contributed by atoms with Gasteiger partial charge in [-0.25, -0.2) is 0 Å². The minimum Gasteiger partial charge on any atom is -0.472 e. The summed E-state index contributed by atoms with van der Waals surface area (Å²) in [5.41, 5.74) is 1.70. The SMILES string of the molecule is CNC1CCC(C(C)(C)C)CC1CN(C)Cc1ccoc1. The minimum absolute atomic E-state index is 0.431. The Kier molecular flexibility index (Phi) is 5.50. The summed E-state index contributed by atoms with van der Waals surface area (Å²) < 4.78 is 5.17. The summed E-state index contributed by atoms with van der Waals surface area (Å²) in [6, 6.07) is 2.72. The summed E-state index contributed by atoms with van der Waals surface area (Å²) >= 11 is 0. The summed E-state index contributed by atoms with van der Waals surface area (Å²) in [5.74, 6) is 1.58. The zero-order valence-electron chi connectivity index (χ0n) is 14.4. The molecule has 0 aliphatic heterocycles. The van der Waals surface area contributed by atoms with Crippen molar-refractivity contribution in [3.8, 4) is 0 Å². The first-order valence-corrected chi connectivity index (χ1v) is 8.27. The molecule has 0 aromatic carbocycles. The van der Waals surface area contributed by atoms with Gasteiger partial charge in [-0.05, 0) is 56.7 Å². The van der Waals surface area contributed by atoms with Gasteiger partial charge in [0.2, 0.25) is 0 Å². The molecule has 1 aliphatic carbocycles. The van der Waals surface area contributed by atoms with Crippen LogP contribution in [0.5, 0.6) is 0 Å². The van der Waals surface area contributed by atoms with E-state index < -0.39 is 0 Å². The van der Waals surface area contributed by atoms with Crippen LogP contribution in [-0.2, 0) is 6.54 Å². The van der Waals surface area contributed by atoms with Gasteiger partial charge in [0.05, 0.1) is 12.5 Å². The van der Waals surface area contributed by atoms with Gasteiger partial charge in [-0.15, -0.1) is 0 Å². The molecule has 3 heteroatoms. The Morgan fingerprint density at radius 2 is 2.10 bits per heavy atom. The maximum absolute atomic E-state index is 5.17. The molecule has 0 radical (unpaired) electrons. The molecule has 0 spiro atoms. The molecule has 1 heterocycles. The van der Waals surface area contributed by atoms with E-state index in [2.05, 4.69) is 51.1 Å². The summed E-state index contributed by atoms with van der Waals surface area (Å²) in [5, 5.41) is 3.55. The van der Waals surface area contributed by atoms with Crippen molar-refractivity contribution in [3.63, 3.8) is 0 Å². The predicted octanol–water partition coefficient (Wildman–Crippen LogP) is 3.76. The molecule has 120 valence electrons. The molecule has 1 N–H and O–H groups in total. The molecular weight excluding hydrogens is 260 g/mol. The number of nitrogens with one attached hydrogen (secondary N) is 1. The second-order valence-corrected chi connectivity index (χ2v) is 7.86. The quantitative estimate of drug-likeness (QED) is 0.895. The van der Waals surface area contributed by atoms with E-state index in [9.17, 15) is 0 Å². The topological polar surface area (TPSA) is 28.4 Å². The number of nitrogens with zero attached hydrogens (tertiary/aromatic N) is 1. The molecule has 21 heavy (non-hydrogen) atoms. The molecule has 2 rings (SSSR count). The Hall–Kier alpha value is -0.800. The van der Waals surface area contributed by atoms with Crippen LogP contribution in [0.15, 0.2) is 23.0 Å². The van der Waals surface area contributed by atoms with Crippen LogP contribution in [-0.4, -0.2) is 31.6 Å². The molecular formula is C18H32N2O. The van der Waals surface area contributed by atoms with Crippen molar-refractivity contribution < 1.29 is 4.42 Å². The smallest absolute Gasteiger partial charge is 0.0947 e. The van der Waals surface area contributed by atoms with Gasteiger partial charge in [0.25, 0.3) is 0 Å². The first kappa shape index (κ1) is 16.6. The molecule has 1 fully saturated rings. The first-order chi connectivity index (χ1) is 9.90. The summed E-state index contributed by atoms with van der Waals surface area (Å²) in [4.78, 5) is 2.44. The molecule has 3 nitrogen and oxygen atoms in total. The normalized spacial score (nSPS) is 27.2. The monoisotopic (exact) mass is 292 g/mol. The third kappa shape index (κ3) is 4.58. The van der Waals surface area contributed by atoms with Gasteiger partial charge >= 0.3 is 0 Å². The highest BCUT2D eigenvalue weighted by molar-refractivity contribution is 5.04. The van der Waals surface area contributed by atoms with E-state index in [-0.39, 0.29) is 0 Å². The maximum Gasteiger partial charge on any atom is 0.0947 e. The Morgan fingerprint density at radius 1 is 1.33 bits per heavy atom. The van der Waals surface area contributed by atoms with Gasteiger partial charge in [-0.2, -0.15) is 0 Å². The second kappa shape index (κ2) is 6.97. The molecule has 1 saturated carbocycles.